The number of aromatic nitrogens is 1. The summed E-state index contributed by atoms with van der Waals surface area (Å²) < 4.78 is 21.7. The zero-order chi connectivity index (χ0) is 24.7. The van der Waals surface area contributed by atoms with Crippen LogP contribution in [0.1, 0.15) is 37.8 Å². The number of ether oxygens (including phenoxy) is 3. The van der Waals surface area contributed by atoms with Gasteiger partial charge in [-0.05, 0) is 63.6 Å². The van der Waals surface area contributed by atoms with Gasteiger partial charge in [0.2, 0.25) is 5.89 Å². The predicted octanol–water partition coefficient (Wildman–Crippen LogP) is 5.17. The van der Waals surface area contributed by atoms with Crippen LogP contribution in [-0.2, 0) is 25.5 Å². The average molecular weight is 464 g/mol. The van der Waals surface area contributed by atoms with Gasteiger partial charge in [0.25, 0.3) is 0 Å². The molecule has 1 heterocycles. The minimum absolute atomic E-state index is 0.179. The third-order valence-corrected chi connectivity index (χ3v) is 4.74. The van der Waals surface area contributed by atoms with Crippen molar-refractivity contribution < 1.29 is 28.2 Å². The zero-order valence-electron chi connectivity index (χ0n) is 20.1. The molecule has 0 bridgehead atoms. The first-order valence-corrected chi connectivity index (χ1v) is 10.9. The summed E-state index contributed by atoms with van der Waals surface area (Å²) >= 11 is 0. The first-order chi connectivity index (χ1) is 16.2. The van der Waals surface area contributed by atoms with Gasteiger partial charge in [0, 0.05) is 12.0 Å². The van der Waals surface area contributed by atoms with Gasteiger partial charge in [-0.1, -0.05) is 30.3 Å². The predicted molar refractivity (Wildman–Crippen MR) is 128 cm³/mol. The molecule has 3 aromatic rings. The Kier molecular flexibility index (Phi) is 7.89. The summed E-state index contributed by atoms with van der Waals surface area (Å²) in [6.07, 6.45) is 2.03. The molecule has 7 heteroatoms. The summed E-state index contributed by atoms with van der Waals surface area (Å²) in [4.78, 5) is 29.1. The fraction of sp³-hybridized carbons (Fsp3) is 0.296. The van der Waals surface area contributed by atoms with Gasteiger partial charge in [-0.15, -0.1) is 0 Å². The third-order valence-electron chi connectivity index (χ3n) is 4.74. The molecule has 7 nitrogen and oxygen atoms in total. The Morgan fingerprint density at radius 2 is 1.68 bits per heavy atom. The van der Waals surface area contributed by atoms with Crippen LogP contribution in [0.15, 0.2) is 64.6 Å². The Labute approximate surface area is 199 Å². The molecule has 0 N–H and O–H groups in total. The van der Waals surface area contributed by atoms with Gasteiger partial charge in [-0.3, -0.25) is 0 Å². The lowest BCUT2D eigenvalue weighted by molar-refractivity contribution is -0.153. The molecule has 0 saturated carbocycles. The minimum atomic E-state index is -0.757. The van der Waals surface area contributed by atoms with Gasteiger partial charge < -0.3 is 18.6 Å². The number of carbonyl (C=O) groups excluding carboxylic acids is 2. The maximum Gasteiger partial charge on any atom is 0.346 e. The summed E-state index contributed by atoms with van der Waals surface area (Å²) in [5.41, 5.74) is 1.50. The van der Waals surface area contributed by atoms with Crippen molar-refractivity contribution >= 4 is 18.0 Å². The Hall–Kier alpha value is -3.87. The lowest BCUT2D eigenvalue weighted by Gasteiger charge is -2.20. The Morgan fingerprint density at radius 1 is 1.00 bits per heavy atom. The van der Waals surface area contributed by atoms with Crippen molar-refractivity contribution in [3.8, 4) is 17.2 Å². The number of rotatable bonds is 8. The van der Waals surface area contributed by atoms with E-state index in [0.717, 1.165) is 17.0 Å². The van der Waals surface area contributed by atoms with Crippen LogP contribution in [0.5, 0.6) is 5.75 Å². The molecular weight excluding hydrogens is 434 g/mol. The molecule has 0 saturated heterocycles. The number of aryl methyl sites for hydroxylation is 1. The molecule has 0 spiro atoms. The summed E-state index contributed by atoms with van der Waals surface area (Å²) in [5, 5.41) is 0. The molecule has 0 atom stereocenters. The normalized spacial score (nSPS) is 11.7. The van der Waals surface area contributed by atoms with Crippen LogP contribution in [-0.4, -0.2) is 36.2 Å². The smallest absolute Gasteiger partial charge is 0.346 e. The van der Waals surface area contributed by atoms with E-state index in [1.165, 1.54) is 13.2 Å². The second kappa shape index (κ2) is 10.8. The van der Waals surface area contributed by atoms with E-state index in [4.69, 9.17) is 18.6 Å². The van der Waals surface area contributed by atoms with E-state index in [1.54, 1.807) is 45.0 Å². The van der Waals surface area contributed by atoms with Crippen LogP contribution in [0, 0.1) is 6.92 Å². The van der Waals surface area contributed by atoms with Crippen molar-refractivity contribution in [2.24, 2.45) is 0 Å². The van der Waals surface area contributed by atoms with Crippen LogP contribution in [0.3, 0.4) is 0 Å². The van der Waals surface area contributed by atoms with E-state index < -0.39 is 17.5 Å². The SMILES string of the molecule is COC(=O)/C(=C/c1ccc(OCCc2nc(-c3ccccc3)oc2C)cc1)C(=O)OC(C)(C)C. The fourth-order valence-electron chi connectivity index (χ4n) is 3.10. The van der Waals surface area contributed by atoms with Gasteiger partial charge in [0.15, 0.2) is 0 Å². The van der Waals surface area contributed by atoms with Crippen molar-refractivity contribution in [3.05, 3.63) is 77.2 Å². The maximum atomic E-state index is 12.4. The van der Waals surface area contributed by atoms with Crippen LogP contribution < -0.4 is 4.74 Å². The highest BCUT2D eigenvalue weighted by Crippen LogP contribution is 2.22. The largest absolute Gasteiger partial charge is 0.493 e. The molecule has 3 rings (SSSR count). The number of esters is 2. The molecule has 34 heavy (non-hydrogen) atoms. The topological polar surface area (TPSA) is 87.9 Å². The van der Waals surface area contributed by atoms with Crippen molar-refractivity contribution in [2.45, 2.75) is 39.7 Å². The van der Waals surface area contributed by atoms with Crippen LogP contribution in [0.25, 0.3) is 17.5 Å². The van der Waals surface area contributed by atoms with Gasteiger partial charge in [-0.25, -0.2) is 14.6 Å². The molecule has 0 aliphatic heterocycles. The molecule has 1 aromatic heterocycles. The zero-order valence-corrected chi connectivity index (χ0v) is 20.1. The molecule has 0 radical (unpaired) electrons. The minimum Gasteiger partial charge on any atom is -0.493 e. The Balaban J connectivity index is 1.63. The first-order valence-electron chi connectivity index (χ1n) is 10.9. The molecule has 0 amide bonds. The molecule has 0 aliphatic carbocycles. The van der Waals surface area contributed by atoms with Gasteiger partial charge in [0.1, 0.15) is 22.7 Å². The summed E-state index contributed by atoms with van der Waals surface area (Å²) in [6, 6.07) is 16.8. The molecular formula is C27H29NO6. The van der Waals surface area contributed by atoms with E-state index in [1.807, 2.05) is 37.3 Å². The molecule has 178 valence electrons. The monoisotopic (exact) mass is 463 g/mol. The number of methoxy groups -OCH3 is 1. The highest BCUT2D eigenvalue weighted by atomic mass is 16.6. The van der Waals surface area contributed by atoms with E-state index in [2.05, 4.69) is 4.98 Å². The Morgan fingerprint density at radius 3 is 2.29 bits per heavy atom. The van der Waals surface area contributed by atoms with Crippen molar-refractivity contribution in [1.29, 1.82) is 0 Å². The van der Waals surface area contributed by atoms with E-state index >= 15 is 0 Å². The summed E-state index contributed by atoms with van der Waals surface area (Å²) in [6.45, 7) is 7.50. The lowest BCUT2D eigenvalue weighted by atomic mass is 10.1. The number of nitrogens with zero attached hydrogens (tertiary/aromatic N) is 1. The summed E-state index contributed by atoms with van der Waals surface area (Å²) in [7, 11) is 1.22. The van der Waals surface area contributed by atoms with Gasteiger partial charge in [-0.2, -0.15) is 0 Å². The lowest BCUT2D eigenvalue weighted by Crippen LogP contribution is -2.27. The van der Waals surface area contributed by atoms with E-state index in [9.17, 15) is 9.59 Å². The standard InChI is InChI=1S/C27H29NO6/c1-18-23(28-24(33-18)20-9-7-6-8-10-20)15-16-32-21-13-11-19(12-14-21)17-22(25(29)31-5)26(30)34-27(2,3)4/h6-14,17H,15-16H2,1-5H3/b22-17-. The van der Waals surface area contributed by atoms with Crippen LogP contribution >= 0.6 is 0 Å². The molecule has 2 aromatic carbocycles. The van der Waals surface area contributed by atoms with Gasteiger partial charge in [0.05, 0.1) is 19.4 Å². The molecule has 0 unspecified atom stereocenters. The first kappa shape index (κ1) is 24.8. The average Bonchev–Trinajstić information content (AvgIpc) is 3.17. The van der Waals surface area contributed by atoms with Crippen molar-refractivity contribution in [3.63, 3.8) is 0 Å². The number of hydrogen-bond acceptors (Lipinski definition) is 7. The number of oxazole rings is 1. The van der Waals surface area contributed by atoms with Gasteiger partial charge >= 0.3 is 11.9 Å². The third kappa shape index (κ3) is 6.81. The van der Waals surface area contributed by atoms with E-state index in [0.29, 0.717) is 30.2 Å². The van der Waals surface area contributed by atoms with Crippen molar-refractivity contribution in [1.82, 2.24) is 4.98 Å². The van der Waals surface area contributed by atoms with Crippen molar-refractivity contribution in [2.75, 3.05) is 13.7 Å². The second-order valence-corrected chi connectivity index (χ2v) is 8.61. The maximum absolute atomic E-state index is 12.4. The molecule has 0 fully saturated rings. The highest BCUT2D eigenvalue weighted by molar-refractivity contribution is 6.17. The Bertz CT molecular complexity index is 1150. The quantitative estimate of drug-likeness (QED) is 0.197. The number of hydrogen-bond donors (Lipinski definition) is 0. The molecule has 0 aliphatic rings. The highest BCUT2D eigenvalue weighted by Gasteiger charge is 2.25. The summed E-state index contributed by atoms with van der Waals surface area (Å²) in [5.74, 6) is 0.513. The van der Waals surface area contributed by atoms with Crippen LogP contribution in [0.2, 0.25) is 0 Å². The van der Waals surface area contributed by atoms with Crippen LogP contribution in [0.4, 0.5) is 0 Å². The fourth-order valence-corrected chi connectivity index (χ4v) is 3.10. The second-order valence-electron chi connectivity index (χ2n) is 8.61. The number of benzene rings is 2. The van der Waals surface area contributed by atoms with E-state index in [-0.39, 0.29) is 5.57 Å². The number of carbonyl (C=O) groups is 2.